The maximum atomic E-state index is 12.6. The van der Waals surface area contributed by atoms with Crippen molar-refractivity contribution in [3.8, 4) is 0 Å². The molecule has 0 spiro atoms. The van der Waals surface area contributed by atoms with Crippen molar-refractivity contribution >= 4 is 47.9 Å². The number of ether oxygens (including phenoxy) is 1. The van der Waals surface area contributed by atoms with Crippen molar-refractivity contribution in [2.45, 2.75) is 36.1 Å². The van der Waals surface area contributed by atoms with Gasteiger partial charge in [-0.05, 0) is 47.0 Å². The third-order valence-corrected chi connectivity index (χ3v) is 6.57. The molecule has 1 aromatic carbocycles. The van der Waals surface area contributed by atoms with Gasteiger partial charge < -0.3 is 4.74 Å². The number of benzene rings is 1. The first-order valence-corrected chi connectivity index (χ1v) is 9.45. The molecular formula is C13H15Br2NO4S. The predicted molar refractivity (Wildman–Crippen MR) is 85.4 cm³/mol. The first-order valence-electron chi connectivity index (χ1n) is 6.38. The Morgan fingerprint density at radius 3 is 2.48 bits per heavy atom. The van der Waals surface area contributed by atoms with E-state index in [0.29, 0.717) is 21.8 Å². The van der Waals surface area contributed by atoms with Crippen molar-refractivity contribution in [1.29, 1.82) is 0 Å². The van der Waals surface area contributed by atoms with E-state index in [-0.39, 0.29) is 4.90 Å². The molecule has 0 heterocycles. The smallest absolute Gasteiger partial charge is 0.327 e. The molecule has 1 aliphatic carbocycles. The Kier molecular flexibility index (Phi) is 5.12. The lowest BCUT2D eigenvalue weighted by molar-refractivity contribution is -0.147. The molecule has 1 fully saturated rings. The first kappa shape index (κ1) is 16.9. The Bertz CT molecular complexity index is 654. The molecule has 1 N–H and O–H groups in total. The number of esters is 1. The summed E-state index contributed by atoms with van der Waals surface area (Å²) in [7, 11) is -2.57. The molecule has 2 rings (SSSR count). The minimum absolute atomic E-state index is 0.0899. The van der Waals surface area contributed by atoms with Crippen LogP contribution in [0.3, 0.4) is 0 Å². The summed E-state index contributed by atoms with van der Waals surface area (Å²) in [4.78, 5) is 12.1. The number of hydrogen-bond acceptors (Lipinski definition) is 4. The first-order chi connectivity index (χ1) is 9.81. The van der Waals surface area contributed by atoms with Gasteiger partial charge in [0.15, 0.2) is 0 Å². The van der Waals surface area contributed by atoms with Gasteiger partial charge in [0.2, 0.25) is 10.0 Å². The fourth-order valence-corrected chi connectivity index (χ4v) is 5.43. The van der Waals surface area contributed by atoms with E-state index in [2.05, 4.69) is 36.6 Å². The second-order valence-corrected chi connectivity index (χ2v) is 8.38. The highest BCUT2D eigenvalue weighted by Crippen LogP contribution is 2.34. The zero-order valence-electron chi connectivity index (χ0n) is 11.4. The maximum Gasteiger partial charge on any atom is 0.327 e. The van der Waals surface area contributed by atoms with Crippen LogP contribution in [0, 0.1) is 0 Å². The summed E-state index contributed by atoms with van der Waals surface area (Å²) in [5.41, 5.74) is -1.16. The van der Waals surface area contributed by atoms with E-state index in [4.69, 9.17) is 4.74 Å². The Hall–Kier alpha value is -0.440. The van der Waals surface area contributed by atoms with Crippen LogP contribution in [0.5, 0.6) is 0 Å². The van der Waals surface area contributed by atoms with Crippen molar-refractivity contribution in [2.75, 3.05) is 7.11 Å². The second-order valence-electron chi connectivity index (χ2n) is 4.96. The van der Waals surface area contributed by atoms with Crippen LogP contribution in [0.1, 0.15) is 25.7 Å². The van der Waals surface area contributed by atoms with Crippen LogP contribution in [0.4, 0.5) is 0 Å². The minimum Gasteiger partial charge on any atom is -0.468 e. The topological polar surface area (TPSA) is 72.5 Å². The SMILES string of the molecule is COC(=O)C1(NS(=O)(=O)c2cc(Br)ccc2Br)CCCC1. The Morgan fingerprint density at radius 1 is 1.29 bits per heavy atom. The molecule has 1 aliphatic rings. The van der Waals surface area contributed by atoms with Gasteiger partial charge in [-0.15, -0.1) is 0 Å². The fourth-order valence-electron chi connectivity index (χ4n) is 2.52. The van der Waals surface area contributed by atoms with Crippen LogP contribution < -0.4 is 4.72 Å². The van der Waals surface area contributed by atoms with Gasteiger partial charge in [0.25, 0.3) is 0 Å². The van der Waals surface area contributed by atoms with E-state index in [0.717, 1.165) is 12.8 Å². The average molecular weight is 441 g/mol. The standard InChI is InChI=1S/C13H15Br2NO4S/c1-20-12(17)13(6-2-3-7-13)16-21(18,19)11-8-9(14)4-5-10(11)15/h4-5,8,16H,2-3,6-7H2,1H3. The van der Waals surface area contributed by atoms with E-state index in [1.54, 1.807) is 12.1 Å². The molecule has 1 aromatic rings. The van der Waals surface area contributed by atoms with Gasteiger partial charge in [-0.25, -0.2) is 8.42 Å². The summed E-state index contributed by atoms with van der Waals surface area (Å²) in [5.74, 6) is -0.533. The lowest BCUT2D eigenvalue weighted by Gasteiger charge is -2.27. The summed E-state index contributed by atoms with van der Waals surface area (Å²) in [5, 5.41) is 0. The zero-order chi connectivity index (χ0) is 15.7. The van der Waals surface area contributed by atoms with Crippen LogP contribution in [0.15, 0.2) is 32.0 Å². The van der Waals surface area contributed by atoms with Crippen molar-refractivity contribution in [3.63, 3.8) is 0 Å². The van der Waals surface area contributed by atoms with Crippen molar-refractivity contribution < 1.29 is 17.9 Å². The van der Waals surface area contributed by atoms with Gasteiger partial charge in [-0.2, -0.15) is 4.72 Å². The van der Waals surface area contributed by atoms with Crippen molar-refractivity contribution in [2.24, 2.45) is 0 Å². The zero-order valence-corrected chi connectivity index (χ0v) is 15.3. The normalized spacial score (nSPS) is 17.7. The van der Waals surface area contributed by atoms with Crippen LogP contribution >= 0.6 is 31.9 Å². The van der Waals surface area contributed by atoms with Gasteiger partial charge in [0, 0.05) is 8.95 Å². The van der Waals surface area contributed by atoms with E-state index >= 15 is 0 Å². The highest BCUT2D eigenvalue weighted by atomic mass is 79.9. The molecule has 0 bridgehead atoms. The Labute approximate surface area is 140 Å². The number of nitrogens with one attached hydrogen (secondary N) is 1. The molecule has 5 nitrogen and oxygen atoms in total. The third-order valence-electron chi connectivity index (χ3n) is 3.55. The predicted octanol–water partition coefficient (Wildman–Crippen LogP) is 2.98. The average Bonchev–Trinajstić information content (AvgIpc) is 2.89. The van der Waals surface area contributed by atoms with Crippen molar-refractivity contribution in [3.05, 3.63) is 27.1 Å². The summed E-state index contributed by atoms with van der Waals surface area (Å²) in [6, 6.07) is 4.86. The molecular weight excluding hydrogens is 426 g/mol. The van der Waals surface area contributed by atoms with Crippen LogP contribution in [-0.2, 0) is 19.6 Å². The van der Waals surface area contributed by atoms with Crippen molar-refractivity contribution in [1.82, 2.24) is 4.72 Å². The van der Waals surface area contributed by atoms with Crippen LogP contribution in [0.2, 0.25) is 0 Å². The number of sulfonamides is 1. The molecule has 1 saturated carbocycles. The van der Waals surface area contributed by atoms with Gasteiger partial charge in [0.05, 0.1) is 12.0 Å². The van der Waals surface area contributed by atoms with Crippen LogP contribution in [-0.4, -0.2) is 27.0 Å². The van der Waals surface area contributed by atoms with E-state index in [9.17, 15) is 13.2 Å². The molecule has 0 aromatic heterocycles. The lowest BCUT2D eigenvalue weighted by Crippen LogP contribution is -2.53. The second kappa shape index (κ2) is 6.36. The maximum absolute atomic E-state index is 12.6. The molecule has 21 heavy (non-hydrogen) atoms. The Balaban J connectivity index is 2.40. The summed E-state index contributed by atoms with van der Waals surface area (Å²) in [6.07, 6.45) is 2.48. The lowest BCUT2D eigenvalue weighted by atomic mass is 10.00. The fraction of sp³-hybridized carbons (Fsp3) is 0.462. The van der Waals surface area contributed by atoms with Gasteiger partial charge >= 0.3 is 5.97 Å². The van der Waals surface area contributed by atoms with E-state index in [1.807, 2.05) is 0 Å². The number of carbonyl (C=O) groups excluding carboxylic acids is 1. The molecule has 8 heteroatoms. The molecule has 116 valence electrons. The molecule has 0 atom stereocenters. The largest absolute Gasteiger partial charge is 0.468 e. The quantitative estimate of drug-likeness (QED) is 0.730. The van der Waals surface area contributed by atoms with E-state index < -0.39 is 21.5 Å². The molecule has 0 aliphatic heterocycles. The van der Waals surface area contributed by atoms with E-state index in [1.165, 1.54) is 13.2 Å². The van der Waals surface area contributed by atoms with Crippen LogP contribution in [0.25, 0.3) is 0 Å². The highest BCUT2D eigenvalue weighted by Gasteiger charge is 2.45. The monoisotopic (exact) mass is 439 g/mol. The number of hydrogen-bond donors (Lipinski definition) is 1. The molecule has 0 unspecified atom stereocenters. The summed E-state index contributed by atoms with van der Waals surface area (Å²) >= 11 is 6.48. The molecule has 0 amide bonds. The minimum atomic E-state index is -3.84. The molecule has 0 saturated heterocycles. The Morgan fingerprint density at radius 2 is 1.90 bits per heavy atom. The number of methoxy groups -OCH3 is 1. The van der Waals surface area contributed by atoms with Gasteiger partial charge in [-0.1, -0.05) is 28.8 Å². The third kappa shape index (κ3) is 3.49. The van der Waals surface area contributed by atoms with Gasteiger partial charge in [0.1, 0.15) is 5.54 Å². The summed E-state index contributed by atoms with van der Waals surface area (Å²) < 4.78 is 33.7. The highest BCUT2D eigenvalue weighted by molar-refractivity contribution is 9.11. The number of rotatable bonds is 4. The number of carbonyl (C=O) groups is 1. The van der Waals surface area contributed by atoms with Gasteiger partial charge in [-0.3, -0.25) is 4.79 Å². The summed E-state index contributed by atoms with van der Waals surface area (Å²) in [6.45, 7) is 0. The number of halogens is 2. The molecule has 0 radical (unpaired) electrons.